The van der Waals surface area contributed by atoms with E-state index >= 15 is 0 Å². The molecule has 5 nitrogen and oxygen atoms in total. The molecule has 0 saturated carbocycles. The number of hydrogen-bond acceptors (Lipinski definition) is 4. The van der Waals surface area contributed by atoms with Crippen molar-refractivity contribution in [3.05, 3.63) is 64.6 Å². The summed E-state index contributed by atoms with van der Waals surface area (Å²) in [6.07, 6.45) is 7.77. The molecule has 5 rings (SSSR count). The Morgan fingerprint density at radius 1 is 1.17 bits per heavy atom. The molecule has 3 heterocycles. The van der Waals surface area contributed by atoms with Gasteiger partial charge in [0, 0.05) is 48.3 Å². The first-order valence-electron chi connectivity index (χ1n) is 12.8. The summed E-state index contributed by atoms with van der Waals surface area (Å²) in [5, 5.41) is 18.7. The van der Waals surface area contributed by atoms with Gasteiger partial charge < -0.3 is 10.1 Å². The van der Waals surface area contributed by atoms with Crippen LogP contribution < -0.4 is 0 Å². The summed E-state index contributed by atoms with van der Waals surface area (Å²) in [7, 11) is 2.21. The van der Waals surface area contributed by atoms with Crippen LogP contribution in [0.25, 0.3) is 32.3 Å². The Hall–Kier alpha value is -2.67. The lowest BCUT2D eigenvalue weighted by molar-refractivity contribution is 0.0809. The van der Waals surface area contributed by atoms with Gasteiger partial charge in [-0.1, -0.05) is 32.9 Å². The normalized spacial score (nSPS) is 15.1. The second-order valence-corrected chi connectivity index (χ2v) is 13.2. The van der Waals surface area contributed by atoms with E-state index < -0.39 is 5.60 Å². The minimum atomic E-state index is -0.771. The summed E-state index contributed by atoms with van der Waals surface area (Å²) in [5.41, 5.74) is 9.10. The molecule has 1 unspecified atom stereocenters. The van der Waals surface area contributed by atoms with Gasteiger partial charge in [0.1, 0.15) is 5.69 Å². The van der Waals surface area contributed by atoms with Crippen molar-refractivity contribution in [2.75, 3.05) is 7.05 Å². The maximum atomic E-state index is 10.7. The van der Waals surface area contributed by atoms with E-state index in [4.69, 9.17) is 5.10 Å². The Balaban J connectivity index is 1.49. The van der Waals surface area contributed by atoms with Crippen LogP contribution in [0.3, 0.4) is 0 Å². The van der Waals surface area contributed by atoms with E-state index in [1.165, 1.54) is 43.0 Å². The summed E-state index contributed by atoms with van der Waals surface area (Å²) in [6.45, 7) is 13.9. The number of hydrogen-bond donors (Lipinski definition) is 3. The van der Waals surface area contributed by atoms with Crippen LogP contribution in [-0.2, 0) is 19.4 Å². The number of allylic oxidation sites excluding steroid dienone is 1. The summed E-state index contributed by atoms with van der Waals surface area (Å²) in [5.74, 6) is 0. The van der Waals surface area contributed by atoms with Gasteiger partial charge in [-0.15, -0.1) is 11.3 Å². The van der Waals surface area contributed by atoms with E-state index in [1.807, 2.05) is 26.2 Å². The van der Waals surface area contributed by atoms with Crippen LogP contribution in [0.15, 0.2) is 36.7 Å². The van der Waals surface area contributed by atoms with Crippen molar-refractivity contribution >= 4 is 33.2 Å². The monoisotopic (exact) mass is 502 g/mol. The van der Waals surface area contributed by atoms with E-state index in [1.54, 1.807) is 11.3 Å². The number of nitrogens with one attached hydrogen (secondary N) is 2. The van der Waals surface area contributed by atoms with E-state index in [0.717, 1.165) is 24.2 Å². The molecule has 0 aliphatic heterocycles. The predicted octanol–water partition coefficient (Wildman–Crippen LogP) is 6.90. The fourth-order valence-electron chi connectivity index (χ4n) is 5.21. The number of H-pyrrole nitrogens is 2. The highest BCUT2D eigenvalue weighted by molar-refractivity contribution is 7.22. The number of rotatable bonds is 7. The van der Waals surface area contributed by atoms with Gasteiger partial charge in [-0.05, 0) is 79.3 Å². The molecule has 0 spiro atoms. The minimum absolute atomic E-state index is 0.210. The average Bonchev–Trinajstić information content (AvgIpc) is 3.53. The van der Waals surface area contributed by atoms with Gasteiger partial charge in [-0.2, -0.15) is 5.10 Å². The molecule has 36 heavy (non-hydrogen) atoms. The van der Waals surface area contributed by atoms with Crippen molar-refractivity contribution in [3.63, 3.8) is 0 Å². The largest absolute Gasteiger partial charge is 0.390 e. The second-order valence-electron chi connectivity index (χ2n) is 12.1. The van der Waals surface area contributed by atoms with Gasteiger partial charge in [-0.25, -0.2) is 0 Å². The lowest BCUT2D eigenvalue weighted by Crippen LogP contribution is -2.38. The molecule has 190 valence electrons. The Morgan fingerprint density at radius 3 is 2.61 bits per heavy atom. The second kappa shape index (κ2) is 9.02. The van der Waals surface area contributed by atoms with Gasteiger partial charge in [0.25, 0.3) is 0 Å². The van der Waals surface area contributed by atoms with E-state index in [2.05, 4.69) is 80.1 Å². The summed E-state index contributed by atoms with van der Waals surface area (Å²) < 4.78 is 1.20. The average molecular weight is 503 g/mol. The van der Waals surface area contributed by atoms with Crippen LogP contribution in [0.4, 0.5) is 0 Å². The van der Waals surface area contributed by atoms with Gasteiger partial charge in [0.15, 0.2) is 0 Å². The van der Waals surface area contributed by atoms with Crippen LogP contribution in [0.2, 0.25) is 0 Å². The molecule has 1 aromatic carbocycles. The highest BCUT2D eigenvalue weighted by Gasteiger charge is 2.27. The number of nitrogens with zero attached hydrogens (tertiary/aromatic N) is 2. The van der Waals surface area contributed by atoms with Crippen LogP contribution in [0.5, 0.6) is 0 Å². The van der Waals surface area contributed by atoms with Gasteiger partial charge in [0.05, 0.1) is 15.8 Å². The topological polar surface area (TPSA) is 67.9 Å². The lowest BCUT2D eigenvalue weighted by Gasteiger charge is -2.35. The SMILES string of the molecule is CC(N(C)Cc1cc2c(c(CC(C)(C)O)c1)C=C(c1n[nH]c3cc(-c4cc[nH]c4)sc13)C2)C(C)(C)C. The molecule has 6 heteroatoms. The Kier molecular flexibility index (Phi) is 6.26. The minimum Gasteiger partial charge on any atom is -0.390 e. The first-order valence-corrected chi connectivity index (χ1v) is 13.6. The van der Waals surface area contributed by atoms with Crippen molar-refractivity contribution in [1.82, 2.24) is 20.1 Å². The molecule has 1 aliphatic carbocycles. The summed E-state index contributed by atoms with van der Waals surface area (Å²) in [6, 6.07) is 9.40. The summed E-state index contributed by atoms with van der Waals surface area (Å²) in [4.78, 5) is 6.82. The number of aliphatic hydroxyl groups is 1. The third-order valence-corrected chi connectivity index (χ3v) is 8.69. The van der Waals surface area contributed by atoms with Crippen LogP contribution in [0, 0.1) is 5.41 Å². The number of aromatic nitrogens is 3. The predicted molar refractivity (Wildman–Crippen MR) is 152 cm³/mol. The maximum absolute atomic E-state index is 10.7. The molecule has 4 aromatic rings. The molecule has 0 fully saturated rings. The first kappa shape index (κ1) is 25.0. The van der Waals surface area contributed by atoms with Crippen molar-refractivity contribution in [2.24, 2.45) is 5.41 Å². The Morgan fingerprint density at radius 2 is 1.94 bits per heavy atom. The Bertz CT molecular complexity index is 1410. The zero-order valence-corrected chi connectivity index (χ0v) is 23.3. The highest BCUT2D eigenvalue weighted by atomic mass is 32.1. The quantitative estimate of drug-likeness (QED) is 0.258. The zero-order chi connectivity index (χ0) is 25.8. The number of thiophene rings is 1. The molecule has 0 radical (unpaired) electrons. The molecule has 3 N–H and O–H groups in total. The molecule has 3 aromatic heterocycles. The van der Waals surface area contributed by atoms with Crippen LogP contribution in [-0.4, -0.2) is 43.9 Å². The molecule has 1 atom stereocenters. The first-order chi connectivity index (χ1) is 16.9. The number of aromatic amines is 2. The van der Waals surface area contributed by atoms with Crippen molar-refractivity contribution < 1.29 is 5.11 Å². The van der Waals surface area contributed by atoms with E-state index in [-0.39, 0.29) is 5.41 Å². The fourth-order valence-corrected chi connectivity index (χ4v) is 6.34. The van der Waals surface area contributed by atoms with Gasteiger partial charge >= 0.3 is 0 Å². The lowest BCUT2D eigenvalue weighted by atomic mass is 9.86. The van der Waals surface area contributed by atoms with Gasteiger partial charge in [-0.3, -0.25) is 10.00 Å². The number of benzene rings is 1. The zero-order valence-electron chi connectivity index (χ0n) is 22.5. The van der Waals surface area contributed by atoms with Crippen molar-refractivity contribution in [1.29, 1.82) is 0 Å². The van der Waals surface area contributed by atoms with Crippen molar-refractivity contribution in [3.8, 4) is 10.4 Å². The summed E-state index contributed by atoms with van der Waals surface area (Å²) >= 11 is 1.78. The van der Waals surface area contributed by atoms with Crippen LogP contribution in [0.1, 0.15) is 69.5 Å². The Labute approximate surface area is 218 Å². The third-order valence-electron chi connectivity index (χ3n) is 7.50. The molecular weight excluding hydrogens is 464 g/mol. The van der Waals surface area contributed by atoms with Gasteiger partial charge in [0.2, 0.25) is 0 Å². The van der Waals surface area contributed by atoms with E-state index in [0.29, 0.717) is 12.5 Å². The standard InChI is InChI=1S/C30H38N4OS/c1-18(29(2,3)4)34(7)17-19-10-21-12-22(13-24(21)23(11-19)15-30(5,6)35)27-28-25(32-33-27)14-26(36-28)20-8-9-31-16-20/h8-11,13-14,16,18,31,35H,12,15,17H2,1-7H3,(H,32,33). The third kappa shape index (κ3) is 4.95. The van der Waals surface area contributed by atoms with Crippen molar-refractivity contribution in [2.45, 2.75) is 72.6 Å². The van der Waals surface area contributed by atoms with E-state index in [9.17, 15) is 5.11 Å². The highest BCUT2D eigenvalue weighted by Crippen LogP contribution is 2.41. The molecule has 0 bridgehead atoms. The molecular formula is C30H38N4OS. The molecule has 0 saturated heterocycles. The molecule has 0 amide bonds. The number of fused-ring (bicyclic) bond motifs is 2. The maximum Gasteiger partial charge on any atom is 0.106 e. The molecule has 1 aliphatic rings. The fraction of sp³-hybridized carbons (Fsp3) is 0.433. The smallest absolute Gasteiger partial charge is 0.106 e. The van der Waals surface area contributed by atoms with Crippen LogP contribution >= 0.6 is 11.3 Å².